The Morgan fingerprint density at radius 2 is 1.61 bits per heavy atom. The number of benzene rings is 2. The van der Waals surface area contributed by atoms with Gasteiger partial charge in [0.25, 0.3) is 0 Å². The van der Waals surface area contributed by atoms with Crippen LogP contribution in [0.3, 0.4) is 0 Å². The van der Waals surface area contributed by atoms with Crippen LogP contribution in [-0.2, 0) is 19.7 Å². The summed E-state index contributed by atoms with van der Waals surface area (Å²) in [7, 11) is 0. The second kappa shape index (κ2) is 9.51. The van der Waals surface area contributed by atoms with E-state index in [1.807, 2.05) is 67.6 Å². The molecule has 1 aliphatic heterocycles. The molecule has 1 amide bonds. The highest BCUT2D eigenvalue weighted by Gasteiger charge is 2.44. The summed E-state index contributed by atoms with van der Waals surface area (Å²) in [6, 6.07) is 19.4. The number of hydrogen-bond acceptors (Lipinski definition) is 4. The molecule has 0 spiro atoms. The van der Waals surface area contributed by atoms with Crippen LogP contribution in [0.4, 0.5) is 5.69 Å². The van der Waals surface area contributed by atoms with Crippen molar-refractivity contribution in [2.45, 2.75) is 31.6 Å². The van der Waals surface area contributed by atoms with E-state index in [2.05, 4.69) is 10.2 Å². The quantitative estimate of drug-likeness (QED) is 0.746. The normalized spacial score (nSPS) is 16.3. The van der Waals surface area contributed by atoms with Gasteiger partial charge in [0.1, 0.15) is 0 Å². The van der Waals surface area contributed by atoms with Gasteiger partial charge in [-0.3, -0.25) is 9.59 Å². The minimum atomic E-state index is -0.583. The molecule has 0 aliphatic carbocycles. The van der Waals surface area contributed by atoms with Crippen molar-refractivity contribution in [1.82, 2.24) is 4.90 Å². The van der Waals surface area contributed by atoms with Gasteiger partial charge in [0.15, 0.2) is 0 Å². The Kier molecular flexibility index (Phi) is 6.82. The monoisotopic (exact) mass is 380 g/mol. The van der Waals surface area contributed by atoms with Crippen molar-refractivity contribution in [3.63, 3.8) is 0 Å². The molecule has 3 rings (SSSR count). The molecule has 0 aromatic heterocycles. The van der Waals surface area contributed by atoms with E-state index < -0.39 is 5.41 Å². The highest BCUT2D eigenvalue weighted by molar-refractivity contribution is 5.90. The molecule has 1 saturated heterocycles. The van der Waals surface area contributed by atoms with Crippen molar-refractivity contribution < 1.29 is 14.3 Å². The molecule has 0 bridgehead atoms. The predicted octanol–water partition coefficient (Wildman–Crippen LogP) is 3.61. The van der Waals surface area contributed by atoms with Crippen LogP contribution in [0.2, 0.25) is 0 Å². The summed E-state index contributed by atoms with van der Waals surface area (Å²) in [6.07, 6.45) is 1.85. The number of carbonyl (C=O) groups is 2. The fourth-order valence-electron chi connectivity index (χ4n) is 3.80. The first-order chi connectivity index (χ1) is 13.6. The van der Waals surface area contributed by atoms with Gasteiger partial charge in [0, 0.05) is 18.7 Å². The first-order valence-electron chi connectivity index (χ1n) is 9.94. The maximum absolute atomic E-state index is 12.8. The summed E-state index contributed by atoms with van der Waals surface area (Å²) in [5, 5.41) is 2.92. The molecule has 2 aromatic carbocycles. The minimum absolute atomic E-state index is 0.0106. The third kappa shape index (κ3) is 4.78. The van der Waals surface area contributed by atoms with Gasteiger partial charge in [0.2, 0.25) is 5.91 Å². The van der Waals surface area contributed by atoms with E-state index in [1.54, 1.807) is 0 Å². The lowest BCUT2D eigenvalue weighted by atomic mass is 9.72. The number of piperidine rings is 1. The number of amides is 1. The minimum Gasteiger partial charge on any atom is -0.465 e. The molecular weight excluding hydrogens is 352 g/mol. The molecule has 148 valence electrons. The van der Waals surface area contributed by atoms with Crippen LogP contribution in [0, 0.1) is 0 Å². The standard InChI is InChI=1S/C23H28N2O3/c1-2-28-22(27)23(19-9-5-3-6-10-19)14-17-25(18-15-23)16-13-21(26)24-20-11-7-4-8-12-20/h3-12H,2,13-18H2,1H3,(H,24,26). The fourth-order valence-corrected chi connectivity index (χ4v) is 3.80. The average molecular weight is 380 g/mol. The van der Waals surface area contributed by atoms with Gasteiger partial charge in [-0.2, -0.15) is 0 Å². The predicted molar refractivity (Wildman–Crippen MR) is 110 cm³/mol. The molecule has 1 fully saturated rings. The van der Waals surface area contributed by atoms with Crippen molar-refractivity contribution in [1.29, 1.82) is 0 Å². The van der Waals surface area contributed by atoms with Crippen molar-refractivity contribution >= 4 is 17.6 Å². The Bertz CT molecular complexity index is 769. The van der Waals surface area contributed by atoms with E-state index in [9.17, 15) is 9.59 Å². The van der Waals surface area contributed by atoms with Gasteiger partial charge in [-0.05, 0) is 50.6 Å². The van der Waals surface area contributed by atoms with E-state index in [-0.39, 0.29) is 11.9 Å². The zero-order valence-corrected chi connectivity index (χ0v) is 16.4. The third-order valence-corrected chi connectivity index (χ3v) is 5.41. The van der Waals surface area contributed by atoms with Crippen molar-refractivity contribution in [3.8, 4) is 0 Å². The van der Waals surface area contributed by atoms with Gasteiger partial charge in [-0.1, -0.05) is 48.5 Å². The molecule has 0 unspecified atom stereocenters. The second-order valence-electron chi connectivity index (χ2n) is 7.17. The van der Waals surface area contributed by atoms with Crippen LogP contribution >= 0.6 is 0 Å². The Morgan fingerprint density at radius 1 is 1.00 bits per heavy atom. The number of nitrogens with one attached hydrogen (secondary N) is 1. The van der Waals surface area contributed by atoms with Crippen LogP contribution < -0.4 is 5.32 Å². The van der Waals surface area contributed by atoms with Crippen molar-refractivity contribution in [3.05, 3.63) is 66.2 Å². The molecule has 1 aliphatic rings. The van der Waals surface area contributed by atoms with E-state index in [0.29, 0.717) is 32.4 Å². The number of para-hydroxylation sites is 1. The molecule has 1 heterocycles. The van der Waals surface area contributed by atoms with Crippen molar-refractivity contribution in [2.24, 2.45) is 0 Å². The van der Waals surface area contributed by atoms with Crippen LogP contribution in [-0.4, -0.2) is 43.0 Å². The van der Waals surface area contributed by atoms with Crippen LogP contribution in [0.25, 0.3) is 0 Å². The molecule has 0 atom stereocenters. The second-order valence-corrected chi connectivity index (χ2v) is 7.17. The largest absolute Gasteiger partial charge is 0.465 e. The summed E-state index contributed by atoms with van der Waals surface area (Å²) in [4.78, 5) is 27.2. The summed E-state index contributed by atoms with van der Waals surface area (Å²) < 4.78 is 5.42. The van der Waals surface area contributed by atoms with Crippen LogP contribution in [0.5, 0.6) is 0 Å². The molecule has 0 radical (unpaired) electrons. The van der Waals surface area contributed by atoms with Gasteiger partial charge in [-0.15, -0.1) is 0 Å². The zero-order valence-electron chi connectivity index (χ0n) is 16.4. The number of anilines is 1. The Morgan fingerprint density at radius 3 is 2.21 bits per heavy atom. The molecule has 2 aromatic rings. The maximum Gasteiger partial charge on any atom is 0.316 e. The van der Waals surface area contributed by atoms with Gasteiger partial charge in [-0.25, -0.2) is 0 Å². The Balaban J connectivity index is 1.57. The summed E-state index contributed by atoms with van der Waals surface area (Å²) >= 11 is 0. The number of carbonyl (C=O) groups excluding carboxylic acids is 2. The molecule has 1 N–H and O–H groups in total. The van der Waals surface area contributed by atoms with Gasteiger partial charge < -0.3 is 15.0 Å². The topological polar surface area (TPSA) is 58.6 Å². The Hall–Kier alpha value is -2.66. The maximum atomic E-state index is 12.8. The molecule has 28 heavy (non-hydrogen) atoms. The molecular formula is C23H28N2O3. The van der Waals surface area contributed by atoms with E-state index in [1.165, 1.54) is 0 Å². The number of ether oxygens (including phenoxy) is 1. The Labute approximate surface area is 166 Å². The van der Waals surface area contributed by atoms with Gasteiger partial charge >= 0.3 is 5.97 Å². The average Bonchev–Trinajstić information content (AvgIpc) is 2.74. The van der Waals surface area contributed by atoms with Crippen LogP contribution in [0.15, 0.2) is 60.7 Å². The van der Waals surface area contributed by atoms with E-state index in [0.717, 1.165) is 24.3 Å². The lowest BCUT2D eigenvalue weighted by molar-refractivity contribution is -0.152. The number of nitrogens with zero attached hydrogens (tertiary/aromatic N) is 1. The summed E-state index contributed by atoms with van der Waals surface area (Å²) in [5.41, 5.74) is 1.26. The lowest BCUT2D eigenvalue weighted by Crippen LogP contribution is -2.48. The highest BCUT2D eigenvalue weighted by Crippen LogP contribution is 2.37. The van der Waals surface area contributed by atoms with E-state index in [4.69, 9.17) is 4.74 Å². The first kappa shape index (κ1) is 20.1. The number of rotatable bonds is 7. The lowest BCUT2D eigenvalue weighted by Gasteiger charge is -2.40. The van der Waals surface area contributed by atoms with Gasteiger partial charge in [0.05, 0.1) is 12.0 Å². The zero-order chi connectivity index (χ0) is 19.8. The SMILES string of the molecule is CCOC(=O)C1(c2ccccc2)CCN(CCC(=O)Nc2ccccc2)CC1. The number of hydrogen-bond donors (Lipinski definition) is 1. The first-order valence-corrected chi connectivity index (χ1v) is 9.94. The van der Waals surface area contributed by atoms with E-state index >= 15 is 0 Å². The third-order valence-electron chi connectivity index (χ3n) is 5.41. The fraction of sp³-hybridized carbons (Fsp3) is 0.391. The summed E-state index contributed by atoms with van der Waals surface area (Å²) in [5.74, 6) is -0.126. The highest BCUT2D eigenvalue weighted by atomic mass is 16.5. The molecule has 0 saturated carbocycles. The van der Waals surface area contributed by atoms with Crippen molar-refractivity contribution in [2.75, 3.05) is 31.6 Å². The summed E-state index contributed by atoms with van der Waals surface area (Å²) in [6.45, 7) is 4.46. The smallest absolute Gasteiger partial charge is 0.316 e. The van der Waals surface area contributed by atoms with Crippen LogP contribution in [0.1, 0.15) is 31.7 Å². The number of esters is 1. The molecule has 5 heteroatoms. The molecule has 5 nitrogen and oxygen atoms in total. The number of likely N-dealkylation sites (tertiary alicyclic amines) is 1.